The van der Waals surface area contributed by atoms with E-state index in [2.05, 4.69) is 20.9 Å². The van der Waals surface area contributed by atoms with Crippen molar-refractivity contribution in [1.29, 1.82) is 0 Å². The van der Waals surface area contributed by atoms with Crippen LogP contribution in [0.15, 0.2) is 45.9 Å². The minimum atomic E-state index is -1.08. The van der Waals surface area contributed by atoms with E-state index in [-0.39, 0.29) is 21.2 Å². The summed E-state index contributed by atoms with van der Waals surface area (Å²) in [6.45, 7) is 3.00. The number of ketones is 1. The molecule has 0 aliphatic rings. The fourth-order valence-electron chi connectivity index (χ4n) is 2.81. The van der Waals surface area contributed by atoms with Crippen LogP contribution in [-0.4, -0.2) is 15.3 Å². The standard InChI is InChI=1S/C18H13BrF2N2O2/c1-9-3-4-11(20)7-12(9)17(10(2)24)23-8-22-14-6-5-13(19)16(21)15(14)18(23)25/h3-8,17H,1-2H3. The summed E-state index contributed by atoms with van der Waals surface area (Å²) < 4.78 is 29.2. The van der Waals surface area contributed by atoms with Gasteiger partial charge in [0.25, 0.3) is 5.56 Å². The number of halogens is 3. The lowest BCUT2D eigenvalue weighted by Crippen LogP contribution is -2.31. The largest absolute Gasteiger partial charge is 0.297 e. The molecule has 3 rings (SSSR count). The maximum Gasteiger partial charge on any atom is 0.265 e. The summed E-state index contributed by atoms with van der Waals surface area (Å²) in [4.78, 5) is 29.1. The molecule has 0 saturated carbocycles. The van der Waals surface area contributed by atoms with Crippen molar-refractivity contribution in [2.75, 3.05) is 0 Å². The Kier molecular flexibility index (Phi) is 4.51. The van der Waals surface area contributed by atoms with Crippen LogP contribution in [0, 0.1) is 18.6 Å². The first kappa shape index (κ1) is 17.4. The molecular formula is C18H13BrF2N2O2. The molecule has 4 nitrogen and oxygen atoms in total. The SMILES string of the molecule is CC(=O)C(c1cc(F)ccc1C)n1cnc2ccc(Br)c(F)c2c1=O. The first-order chi connectivity index (χ1) is 11.8. The molecule has 3 aromatic rings. The van der Waals surface area contributed by atoms with Gasteiger partial charge in [-0.25, -0.2) is 13.8 Å². The zero-order valence-corrected chi connectivity index (χ0v) is 15.0. The summed E-state index contributed by atoms with van der Waals surface area (Å²) >= 11 is 3.04. The zero-order chi connectivity index (χ0) is 18.3. The molecule has 0 fully saturated rings. The summed E-state index contributed by atoms with van der Waals surface area (Å²) in [5.74, 6) is -1.66. The molecular weight excluding hydrogens is 394 g/mol. The number of carbonyl (C=O) groups excluding carboxylic acids is 1. The molecule has 2 aromatic carbocycles. The van der Waals surface area contributed by atoms with Crippen LogP contribution in [0.4, 0.5) is 8.78 Å². The van der Waals surface area contributed by atoms with Crippen LogP contribution in [0.3, 0.4) is 0 Å². The third-order valence-electron chi connectivity index (χ3n) is 4.04. The average Bonchev–Trinajstić information content (AvgIpc) is 2.56. The van der Waals surface area contributed by atoms with Gasteiger partial charge in [0, 0.05) is 0 Å². The van der Waals surface area contributed by atoms with Crippen LogP contribution in [0.1, 0.15) is 24.1 Å². The Hall–Kier alpha value is -2.41. The number of aryl methyl sites for hydroxylation is 1. The van der Waals surface area contributed by atoms with Crippen molar-refractivity contribution in [3.8, 4) is 0 Å². The summed E-state index contributed by atoms with van der Waals surface area (Å²) in [6, 6.07) is 5.87. The molecule has 0 radical (unpaired) electrons. The smallest absolute Gasteiger partial charge is 0.265 e. The maximum absolute atomic E-state index is 14.4. The third-order valence-corrected chi connectivity index (χ3v) is 4.65. The van der Waals surface area contributed by atoms with Crippen LogP contribution < -0.4 is 5.56 Å². The molecule has 0 saturated heterocycles. The van der Waals surface area contributed by atoms with Gasteiger partial charge in [0.1, 0.15) is 17.2 Å². The van der Waals surface area contributed by atoms with Gasteiger partial charge in [-0.1, -0.05) is 6.07 Å². The van der Waals surface area contributed by atoms with Crippen molar-refractivity contribution >= 4 is 32.6 Å². The summed E-state index contributed by atoms with van der Waals surface area (Å²) in [5, 5.41) is -0.225. The first-order valence-electron chi connectivity index (χ1n) is 7.42. The number of benzene rings is 2. The molecule has 0 bridgehead atoms. The van der Waals surface area contributed by atoms with E-state index >= 15 is 0 Å². The Morgan fingerprint density at radius 1 is 1.24 bits per heavy atom. The monoisotopic (exact) mass is 406 g/mol. The highest BCUT2D eigenvalue weighted by Crippen LogP contribution is 2.25. The van der Waals surface area contributed by atoms with Gasteiger partial charge in [-0.15, -0.1) is 0 Å². The summed E-state index contributed by atoms with van der Waals surface area (Å²) in [7, 11) is 0. The van der Waals surface area contributed by atoms with Gasteiger partial charge in [-0.05, 0) is 65.2 Å². The predicted octanol–water partition coefficient (Wildman–Crippen LogP) is 3.92. The Bertz CT molecular complexity index is 1060. The van der Waals surface area contributed by atoms with Crippen LogP contribution in [0.5, 0.6) is 0 Å². The van der Waals surface area contributed by atoms with Crippen molar-refractivity contribution in [3.63, 3.8) is 0 Å². The van der Waals surface area contributed by atoms with Gasteiger partial charge in [0.05, 0.1) is 16.3 Å². The van der Waals surface area contributed by atoms with E-state index in [1.807, 2.05) is 0 Å². The van der Waals surface area contributed by atoms with E-state index in [1.165, 1.54) is 43.6 Å². The quantitative estimate of drug-likeness (QED) is 0.662. The van der Waals surface area contributed by atoms with E-state index < -0.39 is 23.2 Å². The van der Waals surface area contributed by atoms with E-state index in [0.717, 1.165) is 4.57 Å². The van der Waals surface area contributed by atoms with Crippen molar-refractivity contribution in [3.05, 3.63) is 74.2 Å². The van der Waals surface area contributed by atoms with Gasteiger partial charge in [-0.3, -0.25) is 14.2 Å². The van der Waals surface area contributed by atoms with Crippen molar-refractivity contribution in [1.82, 2.24) is 9.55 Å². The number of fused-ring (bicyclic) bond motifs is 1. The van der Waals surface area contributed by atoms with Crippen LogP contribution in [0.25, 0.3) is 10.9 Å². The van der Waals surface area contributed by atoms with E-state index in [4.69, 9.17) is 0 Å². The van der Waals surface area contributed by atoms with Gasteiger partial charge < -0.3 is 0 Å². The summed E-state index contributed by atoms with van der Waals surface area (Å²) in [5.41, 5.74) is 0.461. The van der Waals surface area contributed by atoms with E-state index in [0.29, 0.717) is 11.1 Å². The van der Waals surface area contributed by atoms with E-state index in [9.17, 15) is 18.4 Å². The molecule has 1 atom stereocenters. The van der Waals surface area contributed by atoms with Gasteiger partial charge in [0.2, 0.25) is 0 Å². The Morgan fingerprint density at radius 3 is 2.64 bits per heavy atom. The molecule has 1 unspecified atom stereocenters. The van der Waals surface area contributed by atoms with Gasteiger partial charge in [0.15, 0.2) is 11.6 Å². The molecule has 25 heavy (non-hydrogen) atoms. The van der Waals surface area contributed by atoms with Crippen molar-refractivity contribution in [2.45, 2.75) is 19.9 Å². The normalized spacial score (nSPS) is 12.4. The van der Waals surface area contributed by atoms with Crippen LogP contribution in [-0.2, 0) is 4.79 Å². The number of carbonyl (C=O) groups is 1. The number of rotatable bonds is 3. The van der Waals surface area contributed by atoms with Gasteiger partial charge in [-0.2, -0.15) is 0 Å². The fourth-order valence-corrected chi connectivity index (χ4v) is 3.14. The number of aromatic nitrogens is 2. The molecule has 0 aliphatic carbocycles. The lowest BCUT2D eigenvalue weighted by atomic mass is 9.98. The molecule has 128 valence electrons. The Morgan fingerprint density at radius 2 is 1.96 bits per heavy atom. The van der Waals surface area contributed by atoms with Crippen molar-refractivity contribution < 1.29 is 13.6 Å². The Labute approximate surface area is 150 Å². The topological polar surface area (TPSA) is 52.0 Å². The van der Waals surface area contributed by atoms with Crippen LogP contribution in [0.2, 0.25) is 0 Å². The lowest BCUT2D eigenvalue weighted by Gasteiger charge is -2.20. The Balaban J connectivity index is 2.34. The molecule has 0 aliphatic heterocycles. The second kappa shape index (κ2) is 6.48. The lowest BCUT2D eigenvalue weighted by molar-refractivity contribution is -0.119. The minimum Gasteiger partial charge on any atom is -0.297 e. The van der Waals surface area contributed by atoms with Gasteiger partial charge >= 0.3 is 0 Å². The van der Waals surface area contributed by atoms with E-state index in [1.54, 1.807) is 6.92 Å². The number of hydrogen-bond donors (Lipinski definition) is 0. The predicted molar refractivity (Wildman–Crippen MR) is 93.6 cm³/mol. The molecule has 1 heterocycles. The first-order valence-corrected chi connectivity index (χ1v) is 8.22. The highest BCUT2D eigenvalue weighted by Gasteiger charge is 2.24. The van der Waals surface area contributed by atoms with Crippen molar-refractivity contribution in [2.24, 2.45) is 0 Å². The third kappa shape index (κ3) is 3.00. The van der Waals surface area contributed by atoms with Crippen LogP contribution >= 0.6 is 15.9 Å². The highest BCUT2D eigenvalue weighted by atomic mass is 79.9. The average molecular weight is 407 g/mol. The molecule has 0 spiro atoms. The molecule has 0 N–H and O–H groups in total. The fraction of sp³-hybridized carbons (Fsp3) is 0.167. The maximum atomic E-state index is 14.4. The highest BCUT2D eigenvalue weighted by molar-refractivity contribution is 9.10. The zero-order valence-electron chi connectivity index (χ0n) is 13.4. The molecule has 7 heteroatoms. The second-order valence-electron chi connectivity index (χ2n) is 5.73. The number of hydrogen-bond acceptors (Lipinski definition) is 3. The number of Topliss-reactive ketones (excluding diaryl/α,β-unsaturated/α-hetero) is 1. The summed E-state index contributed by atoms with van der Waals surface area (Å²) in [6.07, 6.45) is 1.19. The molecule has 0 amide bonds. The molecule has 1 aromatic heterocycles. The number of nitrogens with zero attached hydrogens (tertiary/aromatic N) is 2. The second-order valence-corrected chi connectivity index (χ2v) is 6.58. The minimum absolute atomic E-state index is 0.123.